The Balaban J connectivity index is 1.99. The molecule has 0 radical (unpaired) electrons. The molecule has 0 unspecified atom stereocenters. The summed E-state index contributed by atoms with van der Waals surface area (Å²) in [6.07, 6.45) is 7.45. The van der Waals surface area contributed by atoms with Gasteiger partial charge in [-0.1, -0.05) is 12.2 Å². The van der Waals surface area contributed by atoms with E-state index < -0.39 is 0 Å². The van der Waals surface area contributed by atoms with Gasteiger partial charge in [-0.2, -0.15) is 0 Å². The van der Waals surface area contributed by atoms with Crippen LogP contribution in [0, 0.1) is 0 Å². The minimum absolute atomic E-state index is 0.157. The minimum atomic E-state index is -0.157. The van der Waals surface area contributed by atoms with Crippen LogP contribution in [0.1, 0.15) is 23.4 Å². The summed E-state index contributed by atoms with van der Waals surface area (Å²) in [5.41, 5.74) is 0. The van der Waals surface area contributed by atoms with Gasteiger partial charge in [-0.15, -0.1) is 0 Å². The Morgan fingerprint density at radius 1 is 1.50 bits per heavy atom. The largest absolute Gasteiger partial charge is 0.458 e. The van der Waals surface area contributed by atoms with Crippen LogP contribution in [0.2, 0.25) is 0 Å². The second-order valence-electron chi connectivity index (χ2n) is 3.21. The second kappa shape index (κ2) is 4.00. The van der Waals surface area contributed by atoms with Crippen molar-refractivity contribution in [1.29, 1.82) is 0 Å². The van der Waals surface area contributed by atoms with Gasteiger partial charge in [0.2, 0.25) is 5.76 Å². The van der Waals surface area contributed by atoms with Crippen LogP contribution in [0.25, 0.3) is 0 Å². The topological polar surface area (TPSA) is 42.2 Å². The third kappa shape index (κ3) is 1.90. The summed E-state index contributed by atoms with van der Waals surface area (Å²) in [6.45, 7) is 0. The lowest BCUT2D eigenvalue weighted by Gasteiger charge is -2.10. The maximum absolute atomic E-state index is 11.6. The first kappa shape index (κ1) is 9.52. The van der Waals surface area contributed by atoms with Gasteiger partial charge < -0.3 is 9.73 Å². The van der Waals surface area contributed by atoms with Gasteiger partial charge in [0.1, 0.15) is 0 Å². The van der Waals surface area contributed by atoms with Gasteiger partial charge in [0.15, 0.2) is 0 Å². The first-order valence-corrected chi connectivity index (χ1v) is 5.25. The van der Waals surface area contributed by atoms with Gasteiger partial charge in [0.25, 0.3) is 5.91 Å². The first-order valence-electron chi connectivity index (χ1n) is 4.46. The molecule has 0 aromatic carbocycles. The van der Waals surface area contributed by atoms with E-state index in [4.69, 9.17) is 4.42 Å². The average molecular weight is 256 g/mol. The molecule has 4 heteroatoms. The number of halogens is 1. The summed E-state index contributed by atoms with van der Waals surface area (Å²) in [7, 11) is 0. The molecular formula is C10H10BrNO2. The fraction of sp³-hybridized carbons (Fsp3) is 0.300. The molecule has 14 heavy (non-hydrogen) atoms. The molecule has 0 fully saturated rings. The van der Waals surface area contributed by atoms with E-state index in [-0.39, 0.29) is 11.9 Å². The van der Waals surface area contributed by atoms with Crippen molar-refractivity contribution in [2.45, 2.75) is 18.9 Å². The first-order chi connectivity index (χ1) is 6.77. The Morgan fingerprint density at radius 2 is 2.21 bits per heavy atom. The van der Waals surface area contributed by atoms with Crippen LogP contribution in [0.3, 0.4) is 0 Å². The van der Waals surface area contributed by atoms with E-state index in [1.807, 2.05) is 0 Å². The maximum atomic E-state index is 11.6. The fourth-order valence-corrected chi connectivity index (χ4v) is 1.82. The van der Waals surface area contributed by atoms with Crippen molar-refractivity contribution < 1.29 is 9.21 Å². The van der Waals surface area contributed by atoms with E-state index in [0.717, 1.165) is 12.8 Å². The zero-order valence-corrected chi connectivity index (χ0v) is 9.08. The quantitative estimate of drug-likeness (QED) is 0.826. The summed E-state index contributed by atoms with van der Waals surface area (Å²) < 4.78 is 5.75. The minimum Gasteiger partial charge on any atom is -0.458 e. The van der Waals surface area contributed by atoms with Gasteiger partial charge in [0.05, 0.1) is 10.7 Å². The van der Waals surface area contributed by atoms with Crippen molar-refractivity contribution in [1.82, 2.24) is 5.32 Å². The van der Waals surface area contributed by atoms with Crippen molar-refractivity contribution in [2.75, 3.05) is 0 Å². The van der Waals surface area contributed by atoms with Crippen LogP contribution in [0.5, 0.6) is 0 Å². The Kier molecular flexibility index (Phi) is 2.72. The summed E-state index contributed by atoms with van der Waals surface area (Å²) >= 11 is 3.25. The van der Waals surface area contributed by atoms with Crippen LogP contribution in [0.15, 0.2) is 33.4 Å². The van der Waals surface area contributed by atoms with E-state index in [1.165, 1.54) is 6.26 Å². The number of carbonyl (C=O) groups excluding carboxylic acids is 1. The number of amides is 1. The fourth-order valence-electron chi connectivity index (χ4n) is 1.44. The lowest BCUT2D eigenvalue weighted by atomic mass is 10.2. The van der Waals surface area contributed by atoms with Crippen LogP contribution < -0.4 is 5.32 Å². The van der Waals surface area contributed by atoms with E-state index in [1.54, 1.807) is 6.07 Å². The van der Waals surface area contributed by atoms with Gasteiger partial charge in [-0.25, -0.2) is 0 Å². The van der Waals surface area contributed by atoms with Crippen LogP contribution in [-0.4, -0.2) is 11.9 Å². The highest BCUT2D eigenvalue weighted by molar-refractivity contribution is 9.10. The van der Waals surface area contributed by atoms with Gasteiger partial charge in [-0.05, 0) is 34.8 Å². The number of nitrogens with one attached hydrogen (secondary N) is 1. The third-order valence-corrected chi connectivity index (χ3v) is 2.79. The highest BCUT2D eigenvalue weighted by atomic mass is 79.9. The summed E-state index contributed by atoms with van der Waals surface area (Å²) in [4.78, 5) is 11.6. The summed E-state index contributed by atoms with van der Waals surface area (Å²) in [5.74, 6) is 0.187. The zero-order chi connectivity index (χ0) is 9.97. The molecule has 1 aromatic rings. The standard InChI is InChI=1S/C10H10BrNO2/c11-8-5-6-14-9(8)10(13)12-7-3-1-2-4-7/h1-2,5-7H,3-4H2,(H,12,13). The zero-order valence-electron chi connectivity index (χ0n) is 7.50. The van der Waals surface area contributed by atoms with Crippen molar-refractivity contribution in [3.8, 4) is 0 Å². The van der Waals surface area contributed by atoms with E-state index in [0.29, 0.717) is 10.2 Å². The number of rotatable bonds is 2. The molecule has 1 heterocycles. The molecule has 1 N–H and O–H groups in total. The third-order valence-electron chi connectivity index (χ3n) is 2.17. The number of furan rings is 1. The maximum Gasteiger partial charge on any atom is 0.288 e. The van der Waals surface area contributed by atoms with Crippen molar-refractivity contribution in [3.05, 3.63) is 34.7 Å². The van der Waals surface area contributed by atoms with Crippen LogP contribution >= 0.6 is 15.9 Å². The molecule has 0 saturated carbocycles. The molecule has 1 amide bonds. The van der Waals surface area contributed by atoms with E-state index in [2.05, 4.69) is 33.4 Å². The predicted octanol–water partition coefficient (Wildman–Crippen LogP) is 2.49. The van der Waals surface area contributed by atoms with Gasteiger partial charge >= 0.3 is 0 Å². The number of carbonyl (C=O) groups is 1. The lowest BCUT2D eigenvalue weighted by molar-refractivity contribution is 0.0910. The van der Waals surface area contributed by atoms with Gasteiger partial charge in [-0.3, -0.25) is 4.79 Å². The van der Waals surface area contributed by atoms with Crippen molar-refractivity contribution in [3.63, 3.8) is 0 Å². The molecule has 1 aromatic heterocycles. The van der Waals surface area contributed by atoms with Crippen LogP contribution in [0.4, 0.5) is 0 Å². The van der Waals surface area contributed by atoms with Gasteiger partial charge in [0, 0.05) is 6.04 Å². The van der Waals surface area contributed by atoms with E-state index in [9.17, 15) is 4.79 Å². The molecule has 2 rings (SSSR count). The average Bonchev–Trinajstić information content (AvgIpc) is 2.75. The molecular weight excluding hydrogens is 246 g/mol. The molecule has 74 valence electrons. The monoisotopic (exact) mass is 255 g/mol. The highest BCUT2D eigenvalue weighted by Gasteiger charge is 2.18. The van der Waals surface area contributed by atoms with Crippen molar-refractivity contribution in [2.24, 2.45) is 0 Å². The predicted molar refractivity (Wildman–Crippen MR) is 56.0 cm³/mol. The Morgan fingerprint density at radius 3 is 2.79 bits per heavy atom. The Bertz CT molecular complexity index is 362. The van der Waals surface area contributed by atoms with Crippen molar-refractivity contribution >= 4 is 21.8 Å². The normalized spacial score (nSPS) is 16.1. The molecule has 0 saturated heterocycles. The molecule has 0 aliphatic heterocycles. The molecule has 1 aliphatic rings. The number of hydrogen-bond donors (Lipinski definition) is 1. The molecule has 1 aliphatic carbocycles. The van der Waals surface area contributed by atoms with Crippen LogP contribution in [-0.2, 0) is 0 Å². The Hall–Kier alpha value is -1.03. The second-order valence-corrected chi connectivity index (χ2v) is 4.07. The Labute approximate surface area is 90.3 Å². The summed E-state index contributed by atoms with van der Waals surface area (Å²) in [5, 5.41) is 2.90. The van der Waals surface area contributed by atoms with E-state index >= 15 is 0 Å². The molecule has 0 bridgehead atoms. The highest BCUT2D eigenvalue weighted by Crippen LogP contribution is 2.18. The summed E-state index contributed by atoms with van der Waals surface area (Å²) in [6, 6.07) is 1.93. The molecule has 0 spiro atoms. The lowest BCUT2D eigenvalue weighted by Crippen LogP contribution is -2.32. The SMILES string of the molecule is O=C(NC1CC=CC1)c1occc1Br. The molecule has 3 nitrogen and oxygen atoms in total. The smallest absolute Gasteiger partial charge is 0.288 e. The number of hydrogen-bond acceptors (Lipinski definition) is 2. The molecule has 0 atom stereocenters.